The summed E-state index contributed by atoms with van der Waals surface area (Å²) < 4.78 is 6.69. The molecule has 100 valence electrons. The van der Waals surface area contributed by atoms with E-state index in [0.717, 1.165) is 22.2 Å². The summed E-state index contributed by atoms with van der Waals surface area (Å²) in [4.78, 5) is 4.25. The molecule has 2 rings (SSSR count). The van der Waals surface area contributed by atoms with E-state index in [-0.39, 0.29) is 0 Å². The van der Waals surface area contributed by atoms with Gasteiger partial charge in [0.2, 0.25) is 0 Å². The molecule has 4 heteroatoms. The molecule has 0 saturated carbocycles. The van der Waals surface area contributed by atoms with Crippen LogP contribution in [0.15, 0.2) is 47.1 Å². The molecule has 0 aliphatic rings. The summed E-state index contributed by atoms with van der Waals surface area (Å²) in [6, 6.07) is 11.5. The molecule has 2 aromatic rings. The zero-order chi connectivity index (χ0) is 13.7. The molecule has 0 bridgehead atoms. The van der Waals surface area contributed by atoms with Gasteiger partial charge in [0.25, 0.3) is 0 Å². The molecule has 0 aliphatic heterocycles. The number of halogens is 1. The van der Waals surface area contributed by atoms with Crippen LogP contribution in [0.2, 0.25) is 0 Å². The van der Waals surface area contributed by atoms with Gasteiger partial charge in [0.1, 0.15) is 5.75 Å². The number of aliphatic hydroxyl groups is 1. The Morgan fingerprint density at radius 2 is 2.16 bits per heavy atom. The normalized spacial score (nSPS) is 12.2. The summed E-state index contributed by atoms with van der Waals surface area (Å²) in [5.41, 5.74) is 1.79. The highest BCUT2D eigenvalue weighted by Crippen LogP contribution is 2.28. The average molecular weight is 322 g/mol. The van der Waals surface area contributed by atoms with Gasteiger partial charge in [0.15, 0.2) is 0 Å². The summed E-state index contributed by atoms with van der Waals surface area (Å²) in [5.74, 6) is 0.709. The van der Waals surface area contributed by atoms with E-state index >= 15 is 0 Å². The molecule has 0 saturated heterocycles. The van der Waals surface area contributed by atoms with Crippen LogP contribution in [-0.4, -0.2) is 16.7 Å². The number of rotatable bonds is 5. The number of ether oxygens (including phenoxy) is 1. The Labute approximate surface area is 121 Å². The third-order valence-electron chi connectivity index (χ3n) is 2.77. The van der Waals surface area contributed by atoms with Crippen LogP contribution in [0.4, 0.5) is 0 Å². The quantitative estimate of drug-likeness (QED) is 0.916. The van der Waals surface area contributed by atoms with Gasteiger partial charge >= 0.3 is 0 Å². The molecule has 0 amide bonds. The Bertz CT molecular complexity index is 529. The Balaban J connectivity index is 2.01. The predicted octanol–water partition coefficient (Wildman–Crippen LogP) is 3.52. The third-order valence-corrected chi connectivity index (χ3v) is 3.26. The van der Waals surface area contributed by atoms with Crippen LogP contribution in [-0.2, 0) is 6.42 Å². The molecule has 0 spiro atoms. The Hall–Kier alpha value is -1.39. The van der Waals surface area contributed by atoms with Gasteiger partial charge in [-0.05, 0) is 31.2 Å². The standard InChI is InChI=1S/C15H16BrNO2/c1-11(18)14-6-5-12(16)10-15(14)19-9-7-13-4-2-3-8-17-13/h2-6,8,10-11,18H,7,9H2,1H3/t11-/m0/s1. The second-order valence-electron chi connectivity index (χ2n) is 4.28. The molecule has 3 nitrogen and oxygen atoms in total. The summed E-state index contributed by atoms with van der Waals surface area (Å²) in [5, 5.41) is 9.70. The number of benzene rings is 1. The van der Waals surface area contributed by atoms with Gasteiger partial charge in [0, 0.05) is 28.3 Å². The summed E-state index contributed by atoms with van der Waals surface area (Å²) in [6.45, 7) is 2.27. The molecule has 1 aromatic carbocycles. The van der Waals surface area contributed by atoms with E-state index in [0.29, 0.717) is 12.4 Å². The molecular weight excluding hydrogens is 306 g/mol. The van der Waals surface area contributed by atoms with Crippen LogP contribution in [0.5, 0.6) is 5.75 Å². The van der Waals surface area contributed by atoms with Crippen molar-refractivity contribution < 1.29 is 9.84 Å². The predicted molar refractivity (Wildman–Crippen MR) is 78.2 cm³/mol. The first-order chi connectivity index (χ1) is 9.16. The lowest BCUT2D eigenvalue weighted by atomic mass is 10.1. The van der Waals surface area contributed by atoms with Crippen LogP contribution in [0.1, 0.15) is 24.3 Å². The van der Waals surface area contributed by atoms with Crippen molar-refractivity contribution in [3.8, 4) is 5.75 Å². The Kier molecular flexibility index (Phi) is 4.93. The van der Waals surface area contributed by atoms with Crippen molar-refractivity contribution in [2.75, 3.05) is 6.61 Å². The van der Waals surface area contributed by atoms with Crippen molar-refractivity contribution in [3.63, 3.8) is 0 Å². The van der Waals surface area contributed by atoms with Crippen LogP contribution in [0.3, 0.4) is 0 Å². The zero-order valence-electron chi connectivity index (χ0n) is 10.7. The minimum atomic E-state index is -0.544. The van der Waals surface area contributed by atoms with E-state index in [2.05, 4.69) is 20.9 Å². The fraction of sp³-hybridized carbons (Fsp3) is 0.267. The average Bonchev–Trinajstić information content (AvgIpc) is 2.39. The lowest BCUT2D eigenvalue weighted by molar-refractivity contribution is 0.191. The first-order valence-electron chi connectivity index (χ1n) is 6.17. The fourth-order valence-corrected chi connectivity index (χ4v) is 2.13. The maximum Gasteiger partial charge on any atom is 0.126 e. The second-order valence-corrected chi connectivity index (χ2v) is 5.19. The highest BCUT2D eigenvalue weighted by atomic mass is 79.9. The number of pyridine rings is 1. The van der Waals surface area contributed by atoms with E-state index in [1.165, 1.54) is 0 Å². The SMILES string of the molecule is C[C@H](O)c1ccc(Br)cc1OCCc1ccccn1. The van der Waals surface area contributed by atoms with Gasteiger partial charge in [-0.15, -0.1) is 0 Å². The van der Waals surface area contributed by atoms with Gasteiger partial charge in [-0.25, -0.2) is 0 Å². The highest BCUT2D eigenvalue weighted by Gasteiger charge is 2.09. The number of aliphatic hydroxyl groups excluding tert-OH is 1. The van der Waals surface area contributed by atoms with Gasteiger partial charge in [-0.2, -0.15) is 0 Å². The van der Waals surface area contributed by atoms with Gasteiger partial charge in [0.05, 0.1) is 12.7 Å². The van der Waals surface area contributed by atoms with Crippen LogP contribution in [0.25, 0.3) is 0 Å². The van der Waals surface area contributed by atoms with Crippen LogP contribution < -0.4 is 4.74 Å². The topological polar surface area (TPSA) is 42.4 Å². The van der Waals surface area contributed by atoms with Gasteiger partial charge < -0.3 is 9.84 Å². The van der Waals surface area contributed by atoms with Crippen molar-refractivity contribution in [2.24, 2.45) is 0 Å². The number of hydrogen-bond donors (Lipinski definition) is 1. The van der Waals surface area contributed by atoms with Crippen molar-refractivity contribution in [1.82, 2.24) is 4.98 Å². The first-order valence-corrected chi connectivity index (χ1v) is 6.96. The van der Waals surface area contributed by atoms with Crippen LogP contribution >= 0.6 is 15.9 Å². The van der Waals surface area contributed by atoms with E-state index in [1.54, 1.807) is 13.1 Å². The van der Waals surface area contributed by atoms with E-state index < -0.39 is 6.10 Å². The zero-order valence-corrected chi connectivity index (χ0v) is 12.3. The Morgan fingerprint density at radius 3 is 2.84 bits per heavy atom. The number of hydrogen-bond acceptors (Lipinski definition) is 3. The third kappa shape index (κ3) is 4.04. The molecule has 19 heavy (non-hydrogen) atoms. The lowest BCUT2D eigenvalue weighted by Crippen LogP contribution is -2.05. The monoisotopic (exact) mass is 321 g/mol. The number of nitrogens with zero attached hydrogens (tertiary/aromatic N) is 1. The smallest absolute Gasteiger partial charge is 0.126 e. The minimum absolute atomic E-state index is 0.535. The largest absolute Gasteiger partial charge is 0.493 e. The molecular formula is C15H16BrNO2. The molecule has 0 radical (unpaired) electrons. The molecule has 1 heterocycles. The molecule has 1 atom stereocenters. The fourth-order valence-electron chi connectivity index (χ4n) is 1.79. The van der Waals surface area contributed by atoms with Crippen molar-refractivity contribution in [1.29, 1.82) is 0 Å². The van der Waals surface area contributed by atoms with E-state index in [9.17, 15) is 5.11 Å². The first kappa shape index (κ1) is 14.0. The van der Waals surface area contributed by atoms with Crippen molar-refractivity contribution in [3.05, 3.63) is 58.3 Å². The molecule has 1 aromatic heterocycles. The van der Waals surface area contributed by atoms with Crippen molar-refractivity contribution >= 4 is 15.9 Å². The molecule has 1 N–H and O–H groups in total. The molecule has 0 fully saturated rings. The molecule has 0 aliphatic carbocycles. The van der Waals surface area contributed by atoms with E-state index in [4.69, 9.17) is 4.74 Å². The summed E-state index contributed by atoms with van der Waals surface area (Å²) >= 11 is 3.41. The maximum absolute atomic E-state index is 9.70. The lowest BCUT2D eigenvalue weighted by Gasteiger charge is -2.13. The van der Waals surface area contributed by atoms with Crippen molar-refractivity contribution in [2.45, 2.75) is 19.4 Å². The maximum atomic E-state index is 9.70. The van der Waals surface area contributed by atoms with Crippen LogP contribution in [0, 0.1) is 0 Å². The summed E-state index contributed by atoms with van der Waals surface area (Å²) in [6.07, 6.45) is 1.97. The minimum Gasteiger partial charge on any atom is -0.493 e. The number of aromatic nitrogens is 1. The highest BCUT2D eigenvalue weighted by molar-refractivity contribution is 9.10. The van der Waals surface area contributed by atoms with Gasteiger partial charge in [-0.1, -0.05) is 28.1 Å². The molecule has 0 unspecified atom stereocenters. The van der Waals surface area contributed by atoms with E-state index in [1.807, 2.05) is 36.4 Å². The Morgan fingerprint density at radius 1 is 1.32 bits per heavy atom. The second kappa shape index (κ2) is 6.68. The van der Waals surface area contributed by atoms with Gasteiger partial charge in [-0.3, -0.25) is 4.98 Å². The summed E-state index contributed by atoms with van der Waals surface area (Å²) in [7, 11) is 0.